The Labute approximate surface area is 203 Å². The largest absolute Gasteiger partial charge is 0.459 e. The van der Waals surface area contributed by atoms with Gasteiger partial charge in [-0.05, 0) is 56.4 Å². The molecule has 2 aromatic carbocycles. The number of aliphatic imine (C=N–C) groups is 2. The third-order valence-electron chi connectivity index (χ3n) is 5.67. The zero-order valence-corrected chi connectivity index (χ0v) is 19.6. The average Bonchev–Trinajstić information content (AvgIpc) is 3.48. The number of esters is 1. The predicted molar refractivity (Wildman–Crippen MR) is 131 cm³/mol. The molecule has 9 heteroatoms. The lowest BCUT2D eigenvalue weighted by Crippen LogP contribution is -2.19. The van der Waals surface area contributed by atoms with Crippen LogP contribution < -0.4 is 0 Å². The van der Waals surface area contributed by atoms with Crippen LogP contribution in [0, 0.1) is 5.82 Å². The summed E-state index contributed by atoms with van der Waals surface area (Å²) in [5, 5.41) is 0. The number of benzene rings is 2. The maximum atomic E-state index is 13.5. The Bertz CT molecular complexity index is 1180. The van der Waals surface area contributed by atoms with Crippen molar-refractivity contribution in [3.63, 3.8) is 0 Å². The lowest BCUT2D eigenvalue weighted by molar-refractivity contribution is -0.0316. The van der Waals surface area contributed by atoms with E-state index < -0.39 is 0 Å². The highest BCUT2D eigenvalue weighted by Crippen LogP contribution is 2.33. The molecule has 0 aliphatic carbocycles. The maximum absolute atomic E-state index is 13.5. The van der Waals surface area contributed by atoms with Crippen molar-refractivity contribution in [2.75, 3.05) is 13.7 Å². The van der Waals surface area contributed by atoms with Crippen LogP contribution in [0.5, 0.6) is 0 Å². The number of carbonyl (C=O) groups is 1. The number of ether oxygens (including phenoxy) is 2. The Hall–Kier alpha value is -3.69. The smallest absolute Gasteiger partial charge is 0.338 e. The highest BCUT2D eigenvalue weighted by atomic mass is 19.1. The van der Waals surface area contributed by atoms with Crippen molar-refractivity contribution < 1.29 is 18.7 Å². The van der Waals surface area contributed by atoms with Crippen LogP contribution in [0.15, 0.2) is 70.9 Å². The molecule has 1 fully saturated rings. The summed E-state index contributed by atoms with van der Waals surface area (Å²) in [5.74, 6) is -0.00780. The second kappa shape index (κ2) is 11.6. The first-order chi connectivity index (χ1) is 17.0. The zero-order chi connectivity index (χ0) is 24.6. The molecule has 0 spiro atoms. The van der Waals surface area contributed by atoms with Crippen molar-refractivity contribution in [2.24, 2.45) is 9.98 Å². The van der Waals surface area contributed by atoms with Crippen LogP contribution in [-0.4, -0.2) is 53.2 Å². The maximum Gasteiger partial charge on any atom is 0.338 e. The standard InChI is InChI=1S/C26H28FN5O3/c1-28-17-29-25-23(15-31(2)14-19-7-6-10-21(27)13-19)30-18-32(25)24-12-11-22(35-24)16-34-26(33)20-8-4-3-5-9-20/h3-10,13,17-18,22,24H,1,11-12,14-16H2,2H3. The van der Waals surface area contributed by atoms with Crippen LogP contribution in [0.25, 0.3) is 0 Å². The van der Waals surface area contributed by atoms with Crippen LogP contribution in [0.4, 0.5) is 10.2 Å². The van der Waals surface area contributed by atoms with Crippen molar-refractivity contribution in [3.05, 3.63) is 83.6 Å². The quantitative estimate of drug-likeness (QED) is 0.243. The monoisotopic (exact) mass is 477 g/mol. The summed E-state index contributed by atoms with van der Waals surface area (Å²) < 4.78 is 27.0. The number of aromatic nitrogens is 2. The highest BCUT2D eigenvalue weighted by molar-refractivity contribution is 5.89. The molecule has 2 atom stereocenters. The third kappa shape index (κ3) is 6.46. The van der Waals surface area contributed by atoms with Crippen molar-refractivity contribution in [3.8, 4) is 0 Å². The summed E-state index contributed by atoms with van der Waals surface area (Å²) in [6.45, 7) is 4.70. The first-order valence-electron chi connectivity index (χ1n) is 11.4. The molecule has 0 saturated carbocycles. The lowest BCUT2D eigenvalue weighted by Gasteiger charge is -2.18. The van der Waals surface area contributed by atoms with Gasteiger partial charge in [0.25, 0.3) is 0 Å². The fourth-order valence-corrected chi connectivity index (χ4v) is 4.05. The van der Waals surface area contributed by atoms with Crippen molar-refractivity contribution in [2.45, 2.75) is 38.3 Å². The van der Waals surface area contributed by atoms with E-state index in [0.717, 1.165) is 24.1 Å². The fraction of sp³-hybridized carbons (Fsp3) is 0.308. The van der Waals surface area contributed by atoms with Gasteiger partial charge in [-0.15, -0.1) is 0 Å². The van der Waals surface area contributed by atoms with E-state index >= 15 is 0 Å². The fourth-order valence-electron chi connectivity index (χ4n) is 4.05. The molecule has 1 aliphatic heterocycles. The molecule has 4 rings (SSSR count). The van der Waals surface area contributed by atoms with Gasteiger partial charge < -0.3 is 9.47 Å². The van der Waals surface area contributed by atoms with Gasteiger partial charge in [-0.2, -0.15) is 0 Å². The highest BCUT2D eigenvalue weighted by Gasteiger charge is 2.30. The molecule has 1 saturated heterocycles. The molecule has 0 bridgehead atoms. The van der Waals surface area contributed by atoms with Crippen LogP contribution in [0.2, 0.25) is 0 Å². The van der Waals surface area contributed by atoms with Gasteiger partial charge >= 0.3 is 5.97 Å². The van der Waals surface area contributed by atoms with E-state index in [9.17, 15) is 9.18 Å². The van der Waals surface area contributed by atoms with E-state index in [1.54, 1.807) is 36.7 Å². The average molecular weight is 478 g/mol. The summed E-state index contributed by atoms with van der Waals surface area (Å²) in [6.07, 6.45) is 4.03. The number of nitrogens with zero attached hydrogens (tertiary/aromatic N) is 5. The Morgan fingerprint density at radius 1 is 1.26 bits per heavy atom. The number of halogens is 1. The Balaban J connectivity index is 1.39. The van der Waals surface area contributed by atoms with E-state index in [4.69, 9.17) is 9.47 Å². The molecule has 1 aromatic heterocycles. The summed E-state index contributed by atoms with van der Waals surface area (Å²) in [5.41, 5.74) is 2.13. The van der Waals surface area contributed by atoms with Gasteiger partial charge in [-0.25, -0.2) is 19.2 Å². The van der Waals surface area contributed by atoms with Crippen LogP contribution >= 0.6 is 0 Å². The second-order valence-corrected chi connectivity index (χ2v) is 8.41. The first-order valence-corrected chi connectivity index (χ1v) is 11.4. The first kappa shape index (κ1) is 24.4. The number of hydrogen-bond acceptors (Lipinski definition) is 6. The molecule has 182 valence electrons. The van der Waals surface area contributed by atoms with Gasteiger partial charge in [0.15, 0.2) is 5.82 Å². The summed E-state index contributed by atoms with van der Waals surface area (Å²) in [4.78, 5) is 27.0. The van der Waals surface area contributed by atoms with Crippen LogP contribution in [0.3, 0.4) is 0 Å². The number of rotatable bonds is 10. The molecule has 8 nitrogen and oxygen atoms in total. The predicted octanol–water partition coefficient (Wildman–Crippen LogP) is 4.55. The molecular formula is C26H28FN5O3. The topological polar surface area (TPSA) is 81.3 Å². The Morgan fingerprint density at radius 2 is 2.09 bits per heavy atom. The molecule has 2 heterocycles. The van der Waals surface area contributed by atoms with Gasteiger partial charge in [0.1, 0.15) is 25.0 Å². The number of carbonyl (C=O) groups excluding carboxylic acids is 1. The summed E-state index contributed by atoms with van der Waals surface area (Å²) in [7, 11) is 1.94. The normalized spacial score (nSPS) is 17.8. The van der Waals surface area contributed by atoms with Gasteiger partial charge in [0.2, 0.25) is 0 Å². The molecular weight excluding hydrogens is 449 g/mol. The van der Waals surface area contributed by atoms with Gasteiger partial charge in [-0.1, -0.05) is 30.3 Å². The molecule has 0 radical (unpaired) electrons. The SMILES string of the molecule is C=NC=Nc1c(CN(C)Cc2cccc(F)c2)ncn1C1CCC(COC(=O)c2ccccc2)O1. The Kier molecular flexibility index (Phi) is 8.12. The van der Waals surface area contributed by atoms with Crippen LogP contribution in [-0.2, 0) is 22.6 Å². The third-order valence-corrected chi connectivity index (χ3v) is 5.67. The number of hydrogen-bond donors (Lipinski definition) is 0. The van der Waals surface area contributed by atoms with E-state index in [2.05, 4.69) is 21.7 Å². The minimum absolute atomic E-state index is 0.176. The minimum atomic E-state index is -0.369. The second-order valence-electron chi connectivity index (χ2n) is 8.41. The minimum Gasteiger partial charge on any atom is -0.459 e. The van der Waals surface area contributed by atoms with E-state index in [1.165, 1.54) is 18.5 Å². The summed E-state index contributed by atoms with van der Waals surface area (Å²) >= 11 is 0. The molecule has 0 amide bonds. The van der Waals surface area contributed by atoms with Crippen molar-refractivity contribution in [1.29, 1.82) is 0 Å². The number of imidazole rings is 1. The molecule has 35 heavy (non-hydrogen) atoms. The van der Waals surface area contributed by atoms with Gasteiger partial charge in [0, 0.05) is 13.1 Å². The molecule has 0 N–H and O–H groups in total. The zero-order valence-electron chi connectivity index (χ0n) is 19.6. The lowest BCUT2D eigenvalue weighted by atomic mass is 10.2. The van der Waals surface area contributed by atoms with E-state index in [-0.39, 0.29) is 30.7 Å². The molecule has 1 aliphatic rings. The van der Waals surface area contributed by atoms with Gasteiger partial charge in [-0.3, -0.25) is 14.5 Å². The van der Waals surface area contributed by atoms with Crippen LogP contribution in [0.1, 0.15) is 40.7 Å². The van der Waals surface area contributed by atoms with Crippen molar-refractivity contribution >= 4 is 24.8 Å². The van der Waals surface area contributed by atoms with Gasteiger partial charge in [0.05, 0.1) is 23.7 Å². The van der Waals surface area contributed by atoms with Crippen molar-refractivity contribution in [1.82, 2.24) is 14.5 Å². The molecule has 3 aromatic rings. The molecule has 2 unspecified atom stereocenters. The van der Waals surface area contributed by atoms with E-state index in [1.807, 2.05) is 28.6 Å². The Morgan fingerprint density at radius 3 is 2.86 bits per heavy atom. The summed E-state index contributed by atoms with van der Waals surface area (Å²) in [6, 6.07) is 15.4. The van der Waals surface area contributed by atoms with E-state index in [0.29, 0.717) is 24.5 Å².